The van der Waals surface area contributed by atoms with Crippen LogP contribution in [-0.2, 0) is 0 Å². The third-order valence-electron chi connectivity index (χ3n) is 10.7. The van der Waals surface area contributed by atoms with Crippen LogP contribution in [0.4, 0.5) is 0 Å². The fourth-order valence-corrected chi connectivity index (χ4v) is 8.03. The number of aromatic nitrogens is 4. The fraction of sp³-hybridized carbons (Fsp3) is 0. The lowest BCUT2D eigenvalue weighted by Crippen LogP contribution is -2.06. The Bertz CT molecular complexity index is 3240. The molecular formula is C51H32N4O. The molecule has 11 rings (SSSR count). The van der Waals surface area contributed by atoms with Crippen molar-refractivity contribution in [3.05, 3.63) is 194 Å². The largest absolute Gasteiger partial charge is 0.454 e. The molecule has 0 fully saturated rings. The highest BCUT2D eigenvalue weighted by atomic mass is 16.3. The normalized spacial score (nSPS) is 11.6. The van der Waals surface area contributed by atoms with Crippen LogP contribution in [0, 0.1) is 0 Å². The minimum Gasteiger partial charge on any atom is -0.454 e. The van der Waals surface area contributed by atoms with Crippen LogP contribution in [0.15, 0.2) is 199 Å². The zero-order valence-electron chi connectivity index (χ0n) is 30.2. The van der Waals surface area contributed by atoms with E-state index >= 15 is 0 Å². The summed E-state index contributed by atoms with van der Waals surface area (Å²) in [6.07, 6.45) is 0. The predicted octanol–water partition coefficient (Wildman–Crippen LogP) is 13.2. The van der Waals surface area contributed by atoms with E-state index in [4.69, 9.17) is 19.4 Å². The van der Waals surface area contributed by atoms with Crippen molar-refractivity contribution in [2.45, 2.75) is 0 Å². The monoisotopic (exact) mass is 716 g/mol. The van der Waals surface area contributed by atoms with Gasteiger partial charge in [0.1, 0.15) is 11.1 Å². The van der Waals surface area contributed by atoms with Crippen molar-refractivity contribution in [2.24, 2.45) is 0 Å². The molecule has 0 unspecified atom stereocenters. The Hall–Kier alpha value is -7.63. The standard InChI is InChI=1S/C51H32N4O/c1-3-14-33(15-4-1)34-26-28-35(29-27-34)39-20-7-8-21-40(39)37-18-13-19-38(32-37)50-52-49(36-16-5-2-6-17-36)53-51(54-50)55-45-24-11-9-22-41(45)43-30-31-44-42-23-10-12-25-46(42)56-48(44)47(43)55/h1-32H. The molecule has 0 spiro atoms. The van der Waals surface area contributed by atoms with Crippen LogP contribution in [-0.4, -0.2) is 19.5 Å². The van der Waals surface area contributed by atoms with Crippen molar-refractivity contribution in [1.29, 1.82) is 0 Å². The van der Waals surface area contributed by atoms with Crippen molar-refractivity contribution in [3.8, 4) is 62.1 Å². The van der Waals surface area contributed by atoms with E-state index in [2.05, 4.69) is 150 Å². The lowest BCUT2D eigenvalue weighted by molar-refractivity contribution is 0.670. The summed E-state index contributed by atoms with van der Waals surface area (Å²) in [7, 11) is 0. The van der Waals surface area contributed by atoms with Gasteiger partial charge in [-0.25, -0.2) is 4.98 Å². The number of fused-ring (bicyclic) bond motifs is 7. The number of hydrogen-bond donors (Lipinski definition) is 0. The molecule has 0 saturated heterocycles. The number of rotatable bonds is 6. The van der Waals surface area contributed by atoms with Crippen molar-refractivity contribution in [2.75, 3.05) is 0 Å². The lowest BCUT2D eigenvalue weighted by Gasteiger charge is -2.13. The first kappa shape index (κ1) is 31.9. The van der Waals surface area contributed by atoms with Gasteiger partial charge in [0.2, 0.25) is 5.95 Å². The van der Waals surface area contributed by atoms with Gasteiger partial charge in [-0.2, -0.15) is 9.97 Å². The van der Waals surface area contributed by atoms with Gasteiger partial charge in [-0.3, -0.25) is 4.57 Å². The van der Waals surface area contributed by atoms with Crippen LogP contribution in [0.3, 0.4) is 0 Å². The maximum Gasteiger partial charge on any atom is 0.238 e. The van der Waals surface area contributed by atoms with Crippen LogP contribution in [0.2, 0.25) is 0 Å². The van der Waals surface area contributed by atoms with Gasteiger partial charge in [0.25, 0.3) is 0 Å². The maximum absolute atomic E-state index is 6.64. The maximum atomic E-state index is 6.64. The molecule has 0 aliphatic heterocycles. The van der Waals surface area contributed by atoms with Crippen molar-refractivity contribution >= 4 is 43.7 Å². The minimum absolute atomic E-state index is 0.525. The second-order valence-corrected chi connectivity index (χ2v) is 14.0. The summed E-state index contributed by atoms with van der Waals surface area (Å²) in [5, 5.41) is 4.30. The Morgan fingerprint density at radius 1 is 0.357 bits per heavy atom. The van der Waals surface area contributed by atoms with Gasteiger partial charge in [-0.15, -0.1) is 0 Å². The minimum atomic E-state index is 0.525. The Balaban J connectivity index is 1.10. The van der Waals surface area contributed by atoms with Crippen LogP contribution < -0.4 is 0 Å². The molecule has 5 nitrogen and oxygen atoms in total. The van der Waals surface area contributed by atoms with Gasteiger partial charge in [-0.1, -0.05) is 170 Å². The summed E-state index contributed by atoms with van der Waals surface area (Å²) >= 11 is 0. The van der Waals surface area contributed by atoms with E-state index in [1.807, 2.05) is 48.5 Å². The average Bonchev–Trinajstić information content (AvgIpc) is 3.83. The Morgan fingerprint density at radius 3 is 1.70 bits per heavy atom. The first-order valence-electron chi connectivity index (χ1n) is 18.8. The highest BCUT2D eigenvalue weighted by Gasteiger charge is 2.22. The molecule has 56 heavy (non-hydrogen) atoms. The summed E-state index contributed by atoms with van der Waals surface area (Å²) in [4.78, 5) is 15.6. The Labute approximate surface area is 322 Å². The topological polar surface area (TPSA) is 56.7 Å². The summed E-state index contributed by atoms with van der Waals surface area (Å²) in [5.74, 6) is 1.71. The molecule has 0 aliphatic rings. The molecule has 0 atom stereocenters. The van der Waals surface area contributed by atoms with E-state index in [1.54, 1.807) is 0 Å². The molecular weight excluding hydrogens is 685 g/mol. The first-order valence-corrected chi connectivity index (χ1v) is 18.8. The molecule has 0 amide bonds. The van der Waals surface area contributed by atoms with Gasteiger partial charge >= 0.3 is 0 Å². The molecule has 262 valence electrons. The summed E-state index contributed by atoms with van der Waals surface area (Å²) < 4.78 is 8.78. The molecule has 0 bridgehead atoms. The Kier molecular flexibility index (Phi) is 7.42. The fourth-order valence-electron chi connectivity index (χ4n) is 8.03. The average molecular weight is 717 g/mol. The molecule has 0 aliphatic carbocycles. The summed E-state index contributed by atoms with van der Waals surface area (Å²) in [6, 6.07) is 67.5. The van der Waals surface area contributed by atoms with Gasteiger partial charge in [0.15, 0.2) is 17.2 Å². The van der Waals surface area contributed by atoms with Crippen LogP contribution in [0.5, 0.6) is 0 Å². The van der Waals surface area contributed by atoms with Crippen molar-refractivity contribution in [1.82, 2.24) is 19.5 Å². The van der Waals surface area contributed by atoms with E-state index in [-0.39, 0.29) is 0 Å². The zero-order valence-corrected chi connectivity index (χ0v) is 30.2. The number of benzene rings is 8. The predicted molar refractivity (Wildman–Crippen MR) is 229 cm³/mol. The summed E-state index contributed by atoms with van der Waals surface area (Å²) in [5.41, 5.74) is 12.3. The van der Waals surface area contributed by atoms with Crippen molar-refractivity contribution in [3.63, 3.8) is 0 Å². The molecule has 0 radical (unpaired) electrons. The molecule has 0 N–H and O–H groups in total. The van der Waals surface area contributed by atoms with Gasteiger partial charge < -0.3 is 4.42 Å². The molecule has 11 aromatic rings. The van der Waals surface area contributed by atoms with Crippen LogP contribution in [0.25, 0.3) is 106 Å². The van der Waals surface area contributed by atoms with E-state index < -0.39 is 0 Å². The Morgan fingerprint density at radius 2 is 0.911 bits per heavy atom. The molecule has 5 heteroatoms. The third kappa shape index (κ3) is 5.29. The highest BCUT2D eigenvalue weighted by molar-refractivity contribution is 6.21. The lowest BCUT2D eigenvalue weighted by atomic mass is 9.92. The van der Waals surface area contributed by atoms with Gasteiger partial charge in [0, 0.05) is 32.7 Å². The smallest absolute Gasteiger partial charge is 0.238 e. The van der Waals surface area contributed by atoms with Gasteiger partial charge in [0.05, 0.1) is 5.52 Å². The van der Waals surface area contributed by atoms with E-state index in [0.717, 1.165) is 77.1 Å². The summed E-state index contributed by atoms with van der Waals surface area (Å²) in [6.45, 7) is 0. The SMILES string of the molecule is c1ccc(-c2ccc(-c3ccccc3-c3cccc(-c4nc(-c5ccccc5)nc(-n5c6ccccc6c6ccc7c8ccccc8oc7c65)n4)c3)cc2)cc1. The first-order chi connectivity index (χ1) is 27.8. The van der Waals surface area contributed by atoms with Crippen LogP contribution >= 0.6 is 0 Å². The number of para-hydroxylation sites is 2. The number of nitrogens with zero attached hydrogens (tertiary/aromatic N) is 4. The second kappa shape index (κ2) is 13.0. The zero-order chi connectivity index (χ0) is 37.0. The van der Waals surface area contributed by atoms with E-state index in [0.29, 0.717) is 17.6 Å². The second-order valence-electron chi connectivity index (χ2n) is 14.0. The third-order valence-corrected chi connectivity index (χ3v) is 10.7. The highest BCUT2D eigenvalue weighted by Crippen LogP contribution is 2.40. The number of furan rings is 1. The van der Waals surface area contributed by atoms with Crippen molar-refractivity contribution < 1.29 is 4.42 Å². The number of hydrogen-bond acceptors (Lipinski definition) is 4. The van der Waals surface area contributed by atoms with Gasteiger partial charge in [-0.05, 0) is 57.6 Å². The molecule has 3 aromatic heterocycles. The van der Waals surface area contributed by atoms with Crippen LogP contribution in [0.1, 0.15) is 0 Å². The van der Waals surface area contributed by atoms with E-state index in [9.17, 15) is 0 Å². The molecule has 0 saturated carbocycles. The van der Waals surface area contributed by atoms with E-state index in [1.165, 1.54) is 11.1 Å². The quantitative estimate of drug-likeness (QED) is 0.172. The molecule has 3 heterocycles. The molecule has 8 aromatic carbocycles.